The van der Waals surface area contributed by atoms with E-state index in [0.717, 1.165) is 10.6 Å². The van der Waals surface area contributed by atoms with Crippen LogP contribution >= 0.6 is 0 Å². The van der Waals surface area contributed by atoms with Gasteiger partial charge in [-0.25, -0.2) is 4.98 Å². The third kappa shape index (κ3) is 2.18. The van der Waals surface area contributed by atoms with Crippen LogP contribution in [0.2, 0.25) is 0 Å². The lowest BCUT2D eigenvalue weighted by molar-refractivity contribution is 0.467. The summed E-state index contributed by atoms with van der Waals surface area (Å²) in [6, 6.07) is 8.83. The van der Waals surface area contributed by atoms with Crippen molar-refractivity contribution in [2.75, 3.05) is 0 Å². The van der Waals surface area contributed by atoms with Gasteiger partial charge in [-0.3, -0.25) is 9.89 Å². The first-order chi connectivity index (χ1) is 10.2. The van der Waals surface area contributed by atoms with Gasteiger partial charge in [0.25, 0.3) is 0 Å². The summed E-state index contributed by atoms with van der Waals surface area (Å²) in [6.07, 6.45) is 3.71. The highest BCUT2D eigenvalue weighted by Crippen LogP contribution is 2.41. The summed E-state index contributed by atoms with van der Waals surface area (Å²) in [5, 5.41) is 2.29. The van der Waals surface area contributed by atoms with Crippen LogP contribution in [0.15, 0.2) is 41.3 Å². The van der Waals surface area contributed by atoms with E-state index in [1.807, 2.05) is 12.1 Å². The highest BCUT2D eigenvalue weighted by molar-refractivity contribution is 5.40. The fourth-order valence-electron chi connectivity index (χ4n) is 2.36. The molecule has 21 heavy (non-hydrogen) atoms. The van der Waals surface area contributed by atoms with Crippen LogP contribution in [0.4, 0.5) is 4.39 Å². The van der Waals surface area contributed by atoms with Gasteiger partial charge in [0.1, 0.15) is 5.75 Å². The van der Waals surface area contributed by atoms with E-state index in [1.54, 1.807) is 6.07 Å². The predicted molar refractivity (Wildman–Crippen MR) is 74.3 cm³/mol. The number of aromatic amines is 1. The maximum absolute atomic E-state index is 13.1. The van der Waals surface area contributed by atoms with Crippen molar-refractivity contribution < 1.29 is 9.13 Å². The van der Waals surface area contributed by atoms with E-state index in [2.05, 4.69) is 16.1 Å². The number of aromatic nitrogens is 3. The lowest BCUT2D eigenvalue weighted by Crippen LogP contribution is -2.16. The Balaban J connectivity index is 1.72. The molecule has 106 valence electrons. The van der Waals surface area contributed by atoms with Crippen LogP contribution < -0.4 is 10.3 Å². The zero-order chi connectivity index (χ0) is 14.4. The molecule has 3 aromatic rings. The number of fused-ring (bicyclic) bond motifs is 1. The molecule has 2 heterocycles. The average molecular weight is 285 g/mol. The zero-order valence-corrected chi connectivity index (χ0v) is 11.0. The fraction of sp³-hybridized carbons (Fsp3) is 0.200. The maximum atomic E-state index is 13.1. The molecule has 4 rings (SSSR count). The zero-order valence-electron chi connectivity index (χ0n) is 11.0. The van der Waals surface area contributed by atoms with Gasteiger partial charge < -0.3 is 4.74 Å². The smallest absolute Gasteiger partial charge is 0.315 e. The first kappa shape index (κ1) is 12.1. The molecule has 1 aromatic carbocycles. The Morgan fingerprint density at radius 2 is 2.19 bits per heavy atom. The van der Waals surface area contributed by atoms with Gasteiger partial charge >= 0.3 is 5.56 Å². The molecule has 0 radical (unpaired) electrons. The van der Waals surface area contributed by atoms with E-state index in [9.17, 15) is 9.18 Å². The molecule has 0 bridgehead atoms. The van der Waals surface area contributed by atoms with Gasteiger partial charge in [0.2, 0.25) is 11.7 Å². The lowest BCUT2D eigenvalue weighted by atomic mass is 10.1. The molecule has 5 nitrogen and oxygen atoms in total. The van der Waals surface area contributed by atoms with Gasteiger partial charge in [0, 0.05) is 6.07 Å². The van der Waals surface area contributed by atoms with Gasteiger partial charge in [-0.2, -0.15) is 8.91 Å². The third-order valence-electron chi connectivity index (χ3n) is 3.57. The Labute approximate surface area is 119 Å². The second-order valence-electron chi connectivity index (χ2n) is 5.17. The van der Waals surface area contributed by atoms with Crippen molar-refractivity contribution in [1.29, 1.82) is 0 Å². The second kappa shape index (κ2) is 4.44. The van der Waals surface area contributed by atoms with Crippen LogP contribution in [-0.4, -0.2) is 14.6 Å². The van der Waals surface area contributed by atoms with E-state index in [4.69, 9.17) is 4.74 Å². The molecule has 0 saturated heterocycles. The normalized spacial score (nSPS) is 14.5. The van der Waals surface area contributed by atoms with Gasteiger partial charge in [-0.05, 0) is 36.5 Å². The molecular formula is C15H12FN3O2. The molecule has 0 amide bonds. The molecule has 1 aliphatic rings. The number of H-pyrrole nitrogens is 1. The molecule has 2 aromatic heterocycles. The van der Waals surface area contributed by atoms with Gasteiger partial charge in [-0.1, -0.05) is 12.1 Å². The molecule has 6 heteroatoms. The van der Waals surface area contributed by atoms with E-state index in [-0.39, 0.29) is 11.4 Å². The minimum atomic E-state index is -0.618. The van der Waals surface area contributed by atoms with E-state index >= 15 is 0 Å². The van der Waals surface area contributed by atoms with Gasteiger partial charge in [-0.15, -0.1) is 0 Å². The lowest BCUT2D eigenvalue weighted by Gasteiger charge is -2.06. The SMILES string of the molecule is O=c1c(Oc2cccc(C3CC3)c2)cnc2cc(F)[nH]n12. The van der Waals surface area contributed by atoms with E-state index in [0.29, 0.717) is 11.7 Å². The van der Waals surface area contributed by atoms with Gasteiger partial charge in [0.15, 0.2) is 5.65 Å². The Hall–Kier alpha value is -2.63. The molecule has 1 saturated carbocycles. The number of nitrogens with one attached hydrogen (secondary N) is 1. The minimum absolute atomic E-state index is 0.0577. The Morgan fingerprint density at radius 1 is 1.33 bits per heavy atom. The molecule has 0 atom stereocenters. The summed E-state index contributed by atoms with van der Waals surface area (Å²) in [4.78, 5) is 16.2. The van der Waals surface area contributed by atoms with E-state index in [1.165, 1.54) is 24.6 Å². The number of nitrogens with zero attached hydrogens (tertiary/aromatic N) is 2. The van der Waals surface area contributed by atoms with Crippen molar-refractivity contribution >= 4 is 5.65 Å². The summed E-state index contributed by atoms with van der Waals surface area (Å²) in [7, 11) is 0. The first-order valence-corrected chi connectivity index (χ1v) is 6.75. The molecule has 1 N–H and O–H groups in total. The largest absolute Gasteiger partial charge is 0.450 e. The minimum Gasteiger partial charge on any atom is -0.450 e. The highest BCUT2D eigenvalue weighted by atomic mass is 19.1. The van der Waals surface area contributed by atoms with Crippen molar-refractivity contribution in [3.63, 3.8) is 0 Å². The number of rotatable bonds is 3. The van der Waals surface area contributed by atoms with Crippen LogP contribution in [0.5, 0.6) is 11.5 Å². The number of halogens is 1. The topological polar surface area (TPSA) is 59.4 Å². The maximum Gasteiger partial charge on any atom is 0.315 e. The molecule has 0 spiro atoms. The summed E-state index contributed by atoms with van der Waals surface area (Å²) >= 11 is 0. The van der Waals surface area contributed by atoms with Crippen LogP contribution in [0.3, 0.4) is 0 Å². The third-order valence-corrected chi connectivity index (χ3v) is 3.57. The van der Waals surface area contributed by atoms with Crippen molar-refractivity contribution in [2.24, 2.45) is 0 Å². The number of benzene rings is 1. The molecule has 1 aliphatic carbocycles. The Bertz CT molecular complexity index is 880. The summed E-state index contributed by atoms with van der Waals surface area (Å²) in [5.41, 5.74) is 0.963. The fourth-order valence-corrected chi connectivity index (χ4v) is 2.36. The standard InChI is InChI=1S/C15H12FN3O2/c16-13-7-14-17-8-12(15(20)19(14)18-13)21-11-3-1-2-10(6-11)9-4-5-9/h1-3,6-9,18H,4-5H2. The van der Waals surface area contributed by atoms with Gasteiger partial charge in [0.05, 0.1) is 6.20 Å². The van der Waals surface area contributed by atoms with Crippen LogP contribution in [0.1, 0.15) is 24.3 Å². The monoisotopic (exact) mass is 285 g/mol. The van der Waals surface area contributed by atoms with Crippen LogP contribution in [0, 0.1) is 5.95 Å². The molecule has 0 aliphatic heterocycles. The highest BCUT2D eigenvalue weighted by Gasteiger charge is 2.23. The number of hydrogen-bond donors (Lipinski definition) is 1. The van der Waals surface area contributed by atoms with Crippen molar-refractivity contribution in [3.8, 4) is 11.5 Å². The quantitative estimate of drug-likeness (QED) is 0.805. The molecule has 0 unspecified atom stereocenters. The summed E-state index contributed by atoms with van der Waals surface area (Å²) < 4.78 is 19.7. The van der Waals surface area contributed by atoms with Crippen LogP contribution in [0.25, 0.3) is 5.65 Å². The van der Waals surface area contributed by atoms with Crippen molar-refractivity contribution in [2.45, 2.75) is 18.8 Å². The Kier molecular flexibility index (Phi) is 2.57. The molecule has 1 fully saturated rings. The Morgan fingerprint density at radius 3 is 3.00 bits per heavy atom. The first-order valence-electron chi connectivity index (χ1n) is 6.75. The molecular weight excluding hydrogens is 273 g/mol. The van der Waals surface area contributed by atoms with Crippen molar-refractivity contribution in [3.05, 3.63) is 58.4 Å². The number of hydrogen-bond acceptors (Lipinski definition) is 3. The second-order valence-corrected chi connectivity index (χ2v) is 5.17. The predicted octanol–water partition coefficient (Wildman–Crippen LogP) is 2.83. The average Bonchev–Trinajstić information content (AvgIpc) is 3.25. The van der Waals surface area contributed by atoms with Crippen molar-refractivity contribution in [1.82, 2.24) is 14.6 Å². The summed E-state index contributed by atoms with van der Waals surface area (Å²) in [6.45, 7) is 0. The number of ether oxygens (including phenoxy) is 1. The van der Waals surface area contributed by atoms with Crippen LogP contribution in [-0.2, 0) is 0 Å². The summed E-state index contributed by atoms with van der Waals surface area (Å²) in [5.74, 6) is 0.632. The van der Waals surface area contributed by atoms with E-state index < -0.39 is 11.5 Å².